The minimum absolute atomic E-state index is 0.537. The molecule has 1 N–H and O–H groups in total. The van der Waals surface area contributed by atoms with Crippen molar-refractivity contribution < 1.29 is 0 Å². The van der Waals surface area contributed by atoms with Gasteiger partial charge in [-0.15, -0.1) is 0 Å². The highest BCUT2D eigenvalue weighted by atomic mass is 32.2. The Morgan fingerprint density at radius 1 is 1.22 bits per heavy atom. The van der Waals surface area contributed by atoms with Crippen LogP contribution in [-0.4, -0.2) is 22.3 Å². The number of rotatable bonds is 3. The second kappa shape index (κ2) is 5.47. The van der Waals surface area contributed by atoms with Crippen molar-refractivity contribution in [2.75, 3.05) is 17.6 Å². The Kier molecular flexibility index (Phi) is 3.73. The van der Waals surface area contributed by atoms with Gasteiger partial charge in [0, 0.05) is 17.8 Å². The first-order valence-corrected chi connectivity index (χ1v) is 8.18. The van der Waals surface area contributed by atoms with Crippen molar-refractivity contribution >= 4 is 17.6 Å². The number of nitrogens with one attached hydrogen (secondary N) is 1. The van der Waals surface area contributed by atoms with E-state index < -0.39 is 0 Å². The zero-order chi connectivity index (χ0) is 12.4. The summed E-state index contributed by atoms with van der Waals surface area (Å²) >= 11 is 2.02. The monoisotopic (exact) mass is 263 g/mol. The molecule has 1 aliphatic heterocycles. The lowest BCUT2D eigenvalue weighted by atomic mass is 9.96. The number of fused-ring (bicyclic) bond motifs is 1. The van der Waals surface area contributed by atoms with Crippen LogP contribution in [0.2, 0.25) is 0 Å². The first kappa shape index (κ1) is 12.3. The van der Waals surface area contributed by atoms with Gasteiger partial charge in [0.2, 0.25) is 0 Å². The summed E-state index contributed by atoms with van der Waals surface area (Å²) in [7, 11) is 0. The van der Waals surface area contributed by atoms with Gasteiger partial charge in [0.15, 0.2) is 0 Å². The smallest absolute Gasteiger partial charge is 0.143 e. The predicted octanol–water partition coefficient (Wildman–Crippen LogP) is 3.36. The fourth-order valence-corrected chi connectivity index (χ4v) is 4.06. The highest BCUT2D eigenvalue weighted by molar-refractivity contribution is 7.99. The number of thioether (sulfide) groups is 1. The molecule has 1 unspecified atom stereocenters. The zero-order valence-electron chi connectivity index (χ0n) is 11.0. The molecule has 3 nitrogen and oxygen atoms in total. The Balaban J connectivity index is 1.97. The molecule has 1 fully saturated rings. The average Bonchev–Trinajstić information content (AvgIpc) is 2.93. The lowest BCUT2D eigenvalue weighted by Crippen LogP contribution is -2.15. The Bertz CT molecular complexity index is 427. The van der Waals surface area contributed by atoms with Crippen molar-refractivity contribution in [1.82, 2.24) is 9.97 Å². The number of aromatic nitrogens is 2. The quantitative estimate of drug-likeness (QED) is 0.907. The Hall–Kier alpha value is -0.770. The van der Waals surface area contributed by atoms with Gasteiger partial charge >= 0.3 is 0 Å². The highest BCUT2D eigenvalue weighted by Crippen LogP contribution is 2.39. The standard InChI is InChI=1S/C14H21N3S/c1-2-15-13-10-6-3-4-7-11(10)16-14(17-13)12-8-5-9-18-12/h12H,2-9H2,1H3,(H,15,16,17). The Morgan fingerprint density at radius 2 is 2.11 bits per heavy atom. The molecule has 2 aliphatic rings. The van der Waals surface area contributed by atoms with E-state index in [0.717, 1.165) is 31.0 Å². The molecule has 1 aromatic heterocycles. The molecule has 1 saturated heterocycles. The van der Waals surface area contributed by atoms with Crippen molar-refractivity contribution in [1.29, 1.82) is 0 Å². The lowest BCUT2D eigenvalue weighted by Gasteiger charge is -2.20. The van der Waals surface area contributed by atoms with Gasteiger partial charge in [0.25, 0.3) is 0 Å². The van der Waals surface area contributed by atoms with Gasteiger partial charge in [-0.2, -0.15) is 11.8 Å². The number of hydrogen-bond acceptors (Lipinski definition) is 4. The van der Waals surface area contributed by atoms with E-state index in [1.54, 1.807) is 0 Å². The molecule has 1 aromatic rings. The first-order valence-electron chi connectivity index (χ1n) is 7.13. The normalized spacial score (nSPS) is 22.8. The van der Waals surface area contributed by atoms with Crippen LogP contribution in [0.3, 0.4) is 0 Å². The van der Waals surface area contributed by atoms with Crippen LogP contribution in [0, 0.1) is 0 Å². The van der Waals surface area contributed by atoms with E-state index in [1.165, 1.54) is 42.7 Å². The summed E-state index contributed by atoms with van der Waals surface area (Å²) in [5.74, 6) is 3.46. The van der Waals surface area contributed by atoms with Crippen molar-refractivity contribution in [3.8, 4) is 0 Å². The molecule has 18 heavy (non-hydrogen) atoms. The van der Waals surface area contributed by atoms with Gasteiger partial charge < -0.3 is 5.32 Å². The van der Waals surface area contributed by atoms with Gasteiger partial charge in [-0.3, -0.25) is 0 Å². The average molecular weight is 263 g/mol. The minimum atomic E-state index is 0.537. The van der Waals surface area contributed by atoms with Gasteiger partial charge in [0.1, 0.15) is 11.6 Å². The van der Waals surface area contributed by atoms with Crippen molar-refractivity contribution in [3.05, 3.63) is 17.1 Å². The van der Waals surface area contributed by atoms with Gasteiger partial charge in [-0.25, -0.2) is 9.97 Å². The molecule has 4 heteroatoms. The Morgan fingerprint density at radius 3 is 2.89 bits per heavy atom. The van der Waals surface area contributed by atoms with Crippen LogP contribution in [0.15, 0.2) is 0 Å². The second-order valence-corrected chi connectivity index (χ2v) is 6.41. The summed E-state index contributed by atoms with van der Waals surface area (Å²) in [5.41, 5.74) is 2.70. The van der Waals surface area contributed by atoms with Crippen LogP contribution in [0.1, 0.15) is 54.9 Å². The third-order valence-electron chi connectivity index (χ3n) is 3.76. The molecule has 0 spiro atoms. The molecule has 3 rings (SSSR count). The molecule has 0 amide bonds. The molecule has 98 valence electrons. The van der Waals surface area contributed by atoms with Crippen LogP contribution in [0.4, 0.5) is 5.82 Å². The van der Waals surface area contributed by atoms with Crippen LogP contribution >= 0.6 is 11.8 Å². The topological polar surface area (TPSA) is 37.8 Å². The summed E-state index contributed by atoms with van der Waals surface area (Å²) < 4.78 is 0. The van der Waals surface area contributed by atoms with E-state index in [1.807, 2.05) is 11.8 Å². The summed E-state index contributed by atoms with van der Waals surface area (Å²) in [6.07, 6.45) is 7.41. The van der Waals surface area contributed by atoms with Crippen LogP contribution < -0.4 is 5.32 Å². The molecule has 1 atom stereocenters. The summed E-state index contributed by atoms with van der Waals surface area (Å²) in [4.78, 5) is 9.68. The van der Waals surface area contributed by atoms with E-state index in [2.05, 4.69) is 12.2 Å². The van der Waals surface area contributed by atoms with E-state index in [4.69, 9.17) is 9.97 Å². The maximum absolute atomic E-state index is 4.87. The van der Waals surface area contributed by atoms with E-state index >= 15 is 0 Å². The zero-order valence-corrected chi connectivity index (χ0v) is 11.9. The van der Waals surface area contributed by atoms with Crippen LogP contribution in [0.25, 0.3) is 0 Å². The van der Waals surface area contributed by atoms with E-state index in [0.29, 0.717) is 5.25 Å². The molecular formula is C14H21N3S. The number of nitrogens with zero attached hydrogens (tertiary/aromatic N) is 2. The van der Waals surface area contributed by atoms with Crippen molar-refractivity contribution in [2.45, 2.75) is 50.7 Å². The van der Waals surface area contributed by atoms with Gasteiger partial charge in [-0.05, 0) is 51.2 Å². The molecule has 2 heterocycles. The maximum atomic E-state index is 4.87. The summed E-state index contributed by atoms with van der Waals surface area (Å²) in [6, 6.07) is 0. The largest absolute Gasteiger partial charge is 0.370 e. The third kappa shape index (κ3) is 2.35. The fraction of sp³-hybridized carbons (Fsp3) is 0.714. The first-order chi connectivity index (χ1) is 8.88. The number of aryl methyl sites for hydroxylation is 1. The maximum Gasteiger partial charge on any atom is 0.143 e. The Labute approximate surface area is 113 Å². The van der Waals surface area contributed by atoms with Gasteiger partial charge in [-0.1, -0.05) is 0 Å². The molecule has 1 aliphatic carbocycles. The van der Waals surface area contributed by atoms with E-state index in [9.17, 15) is 0 Å². The van der Waals surface area contributed by atoms with Crippen LogP contribution in [0.5, 0.6) is 0 Å². The van der Waals surface area contributed by atoms with Gasteiger partial charge in [0.05, 0.1) is 5.25 Å². The SMILES string of the molecule is CCNc1nc(C2CCCS2)nc2c1CCCC2. The molecule has 0 radical (unpaired) electrons. The van der Waals surface area contributed by atoms with E-state index in [-0.39, 0.29) is 0 Å². The minimum Gasteiger partial charge on any atom is -0.370 e. The van der Waals surface area contributed by atoms with Crippen molar-refractivity contribution in [2.24, 2.45) is 0 Å². The second-order valence-electron chi connectivity index (χ2n) is 5.09. The fourth-order valence-electron chi connectivity index (χ4n) is 2.85. The summed E-state index contributed by atoms with van der Waals surface area (Å²) in [5, 5.41) is 3.98. The molecular weight excluding hydrogens is 242 g/mol. The number of anilines is 1. The highest BCUT2D eigenvalue weighted by Gasteiger charge is 2.24. The summed E-state index contributed by atoms with van der Waals surface area (Å²) in [6.45, 7) is 3.09. The lowest BCUT2D eigenvalue weighted by molar-refractivity contribution is 0.650. The third-order valence-corrected chi connectivity index (χ3v) is 5.14. The van der Waals surface area contributed by atoms with Crippen LogP contribution in [-0.2, 0) is 12.8 Å². The molecule has 0 aromatic carbocycles. The molecule has 0 bridgehead atoms. The predicted molar refractivity (Wildman–Crippen MR) is 77.3 cm³/mol. The number of hydrogen-bond donors (Lipinski definition) is 1. The molecule has 0 saturated carbocycles. The van der Waals surface area contributed by atoms with Crippen molar-refractivity contribution in [3.63, 3.8) is 0 Å².